The molecule has 2 fully saturated rings. The van der Waals surface area contributed by atoms with E-state index in [9.17, 15) is 14.7 Å². The standard InChI is InChI=1S/C16H17NO3/c18-15(12-6-10-5-11(10)7-12)17-13-4-2-1-3-9(13)8-14(17)16(19)20/h1-4,10-12,14H,5-8H2,(H,19,20). The fourth-order valence-electron chi connectivity index (χ4n) is 3.97. The minimum Gasteiger partial charge on any atom is -0.480 e. The maximum Gasteiger partial charge on any atom is 0.327 e. The van der Waals surface area contributed by atoms with Gasteiger partial charge in [-0.05, 0) is 42.7 Å². The third-order valence-electron chi connectivity index (χ3n) is 5.09. The molecule has 0 radical (unpaired) electrons. The van der Waals surface area contributed by atoms with Gasteiger partial charge in [-0.3, -0.25) is 9.69 Å². The summed E-state index contributed by atoms with van der Waals surface area (Å²) >= 11 is 0. The summed E-state index contributed by atoms with van der Waals surface area (Å²) < 4.78 is 0. The highest BCUT2D eigenvalue weighted by atomic mass is 16.4. The van der Waals surface area contributed by atoms with Crippen molar-refractivity contribution in [2.24, 2.45) is 17.8 Å². The third-order valence-corrected chi connectivity index (χ3v) is 5.09. The number of carbonyl (C=O) groups is 2. The van der Waals surface area contributed by atoms with Crippen LogP contribution in [0.2, 0.25) is 0 Å². The van der Waals surface area contributed by atoms with Crippen LogP contribution >= 0.6 is 0 Å². The zero-order valence-corrected chi connectivity index (χ0v) is 11.2. The second-order valence-corrected chi connectivity index (χ2v) is 6.32. The second kappa shape index (κ2) is 4.08. The summed E-state index contributed by atoms with van der Waals surface area (Å²) in [5.41, 5.74) is 1.77. The molecule has 4 heteroatoms. The van der Waals surface area contributed by atoms with Gasteiger partial charge in [-0.15, -0.1) is 0 Å². The van der Waals surface area contributed by atoms with Crippen LogP contribution in [0.1, 0.15) is 24.8 Å². The maximum atomic E-state index is 12.8. The van der Waals surface area contributed by atoms with Gasteiger partial charge in [0.05, 0.1) is 0 Å². The molecule has 1 N–H and O–H groups in total. The van der Waals surface area contributed by atoms with Gasteiger partial charge in [0.15, 0.2) is 0 Å². The molecule has 104 valence electrons. The fourth-order valence-corrected chi connectivity index (χ4v) is 3.97. The van der Waals surface area contributed by atoms with E-state index >= 15 is 0 Å². The van der Waals surface area contributed by atoms with Crippen molar-refractivity contribution < 1.29 is 14.7 Å². The highest BCUT2D eigenvalue weighted by molar-refractivity contribution is 6.03. The van der Waals surface area contributed by atoms with Crippen LogP contribution in [0.25, 0.3) is 0 Å². The largest absolute Gasteiger partial charge is 0.480 e. The lowest BCUT2D eigenvalue weighted by atomic mass is 10.0. The number of carbonyl (C=O) groups excluding carboxylic acids is 1. The molecule has 0 aromatic heterocycles. The van der Waals surface area contributed by atoms with E-state index in [0.29, 0.717) is 6.42 Å². The monoisotopic (exact) mass is 271 g/mol. The van der Waals surface area contributed by atoms with Crippen molar-refractivity contribution in [2.45, 2.75) is 31.7 Å². The molecule has 1 amide bonds. The highest BCUT2D eigenvalue weighted by Crippen LogP contribution is 2.55. The lowest BCUT2D eigenvalue weighted by molar-refractivity contribution is -0.140. The minimum absolute atomic E-state index is 0.0227. The molecule has 3 atom stereocenters. The maximum absolute atomic E-state index is 12.8. The quantitative estimate of drug-likeness (QED) is 0.896. The highest BCUT2D eigenvalue weighted by Gasteiger charge is 2.50. The zero-order valence-electron chi connectivity index (χ0n) is 11.2. The predicted molar refractivity (Wildman–Crippen MR) is 73.4 cm³/mol. The molecule has 0 bridgehead atoms. The zero-order chi connectivity index (χ0) is 13.9. The molecule has 1 aliphatic heterocycles. The van der Waals surface area contributed by atoms with Gasteiger partial charge < -0.3 is 5.11 Å². The first-order valence-electron chi connectivity index (χ1n) is 7.29. The van der Waals surface area contributed by atoms with E-state index in [4.69, 9.17) is 0 Å². The fraction of sp³-hybridized carbons (Fsp3) is 0.500. The molecule has 1 aromatic rings. The summed E-state index contributed by atoms with van der Waals surface area (Å²) in [6.45, 7) is 0. The lowest BCUT2D eigenvalue weighted by Gasteiger charge is -2.26. The van der Waals surface area contributed by atoms with Gasteiger partial charge in [-0.2, -0.15) is 0 Å². The SMILES string of the molecule is O=C(O)C1Cc2ccccc2N1C(=O)C1CC2CC2C1. The summed E-state index contributed by atoms with van der Waals surface area (Å²) in [5.74, 6) is 0.606. The number of aliphatic carboxylic acids is 1. The molecule has 2 aliphatic carbocycles. The van der Waals surface area contributed by atoms with Crippen LogP contribution in [0.3, 0.4) is 0 Å². The van der Waals surface area contributed by atoms with Gasteiger partial charge in [0, 0.05) is 18.0 Å². The summed E-state index contributed by atoms with van der Waals surface area (Å²) in [7, 11) is 0. The first-order chi connectivity index (χ1) is 9.65. The van der Waals surface area contributed by atoms with Crippen LogP contribution in [-0.4, -0.2) is 23.0 Å². The topological polar surface area (TPSA) is 57.6 Å². The van der Waals surface area contributed by atoms with E-state index in [-0.39, 0.29) is 11.8 Å². The number of hydrogen-bond acceptors (Lipinski definition) is 2. The van der Waals surface area contributed by atoms with Gasteiger partial charge in [-0.1, -0.05) is 18.2 Å². The van der Waals surface area contributed by atoms with Crippen molar-refractivity contribution in [1.82, 2.24) is 0 Å². The number of anilines is 1. The van der Waals surface area contributed by atoms with Gasteiger partial charge in [0.2, 0.25) is 5.91 Å². The Kier molecular flexibility index (Phi) is 2.43. The van der Waals surface area contributed by atoms with Crippen molar-refractivity contribution in [1.29, 1.82) is 0 Å². The number of carboxylic acids is 1. The van der Waals surface area contributed by atoms with Gasteiger partial charge in [-0.25, -0.2) is 4.79 Å². The smallest absolute Gasteiger partial charge is 0.327 e. The number of rotatable bonds is 2. The molecule has 3 unspecified atom stereocenters. The lowest BCUT2D eigenvalue weighted by Crippen LogP contribution is -2.45. The Bertz CT molecular complexity index is 587. The Labute approximate surface area is 117 Å². The average molecular weight is 271 g/mol. The van der Waals surface area contributed by atoms with Crippen molar-refractivity contribution in [3.63, 3.8) is 0 Å². The molecule has 0 saturated heterocycles. The molecular weight excluding hydrogens is 254 g/mol. The van der Waals surface area contributed by atoms with E-state index in [1.54, 1.807) is 4.90 Å². The Morgan fingerprint density at radius 2 is 1.80 bits per heavy atom. The molecule has 4 rings (SSSR count). The van der Waals surface area contributed by atoms with E-state index in [1.807, 2.05) is 24.3 Å². The number of amides is 1. The number of carboxylic acid groups (broad SMARTS) is 1. The van der Waals surface area contributed by atoms with Crippen LogP contribution in [0.4, 0.5) is 5.69 Å². The Balaban J connectivity index is 1.66. The van der Waals surface area contributed by atoms with Gasteiger partial charge in [0.25, 0.3) is 0 Å². The molecule has 2 saturated carbocycles. The second-order valence-electron chi connectivity index (χ2n) is 6.32. The number of nitrogens with zero attached hydrogens (tertiary/aromatic N) is 1. The molecule has 3 aliphatic rings. The van der Waals surface area contributed by atoms with E-state index in [1.165, 1.54) is 6.42 Å². The summed E-state index contributed by atoms with van der Waals surface area (Å²) in [6.07, 6.45) is 3.60. The van der Waals surface area contributed by atoms with Gasteiger partial charge in [0.1, 0.15) is 6.04 Å². The van der Waals surface area contributed by atoms with Crippen molar-refractivity contribution >= 4 is 17.6 Å². The van der Waals surface area contributed by atoms with E-state index in [0.717, 1.165) is 35.9 Å². The summed E-state index contributed by atoms with van der Waals surface area (Å²) in [5, 5.41) is 9.41. The van der Waals surface area contributed by atoms with Crippen molar-refractivity contribution in [2.75, 3.05) is 4.90 Å². The van der Waals surface area contributed by atoms with Crippen LogP contribution < -0.4 is 4.90 Å². The van der Waals surface area contributed by atoms with Crippen LogP contribution in [-0.2, 0) is 16.0 Å². The van der Waals surface area contributed by atoms with Crippen molar-refractivity contribution in [3.8, 4) is 0 Å². The normalized spacial score (nSPS) is 33.7. The van der Waals surface area contributed by atoms with Crippen molar-refractivity contribution in [3.05, 3.63) is 29.8 Å². The Morgan fingerprint density at radius 1 is 1.10 bits per heavy atom. The van der Waals surface area contributed by atoms with Crippen LogP contribution in [0.15, 0.2) is 24.3 Å². The summed E-state index contributed by atoms with van der Waals surface area (Å²) in [4.78, 5) is 25.8. The third kappa shape index (κ3) is 1.67. The first-order valence-corrected chi connectivity index (χ1v) is 7.29. The van der Waals surface area contributed by atoms with E-state index < -0.39 is 12.0 Å². The molecule has 0 spiro atoms. The van der Waals surface area contributed by atoms with Crippen LogP contribution in [0, 0.1) is 17.8 Å². The van der Waals surface area contributed by atoms with E-state index in [2.05, 4.69) is 0 Å². The Hall–Kier alpha value is -1.84. The van der Waals surface area contributed by atoms with Crippen LogP contribution in [0.5, 0.6) is 0 Å². The molecule has 4 nitrogen and oxygen atoms in total. The summed E-state index contributed by atoms with van der Waals surface area (Å²) in [6, 6.07) is 6.83. The Morgan fingerprint density at radius 3 is 2.50 bits per heavy atom. The number of fused-ring (bicyclic) bond motifs is 2. The predicted octanol–water partition coefficient (Wildman–Crippen LogP) is 2.08. The molecule has 20 heavy (non-hydrogen) atoms. The van der Waals surface area contributed by atoms with Gasteiger partial charge >= 0.3 is 5.97 Å². The number of benzene rings is 1. The molecule has 1 heterocycles. The number of hydrogen-bond donors (Lipinski definition) is 1. The molecule has 1 aromatic carbocycles. The molecular formula is C16H17NO3. The average Bonchev–Trinajstić information content (AvgIpc) is 2.89. The number of para-hydroxylation sites is 1. The first kappa shape index (κ1) is 11.9. The minimum atomic E-state index is -0.905.